The first kappa shape index (κ1) is 30.4. The Kier molecular flexibility index (Phi) is 10.3. The maximum absolute atomic E-state index is 14.6. The first-order valence-corrected chi connectivity index (χ1v) is 13.2. The third kappa shape index (κ3) is 7.48. The fourth-order valence-electron chi connectivity index (χ4n) is 4.25. The fourth-order valence-corrected chi connectivity index (χ4v) is 4.68. The summed E-state index contributed by atoms with van der Waals surface area (Å²) in [6.07, 6.45) is -3.52. The Morgan fingerprint density at radius 3 is 2.44 bits per heavy atom. The fraction of sp³-hybridized carbons (Fsp3) is 0.357. The van der Waals surface area contributed by atoms with Gasteiger partial charge in [-0.2, -0.15) is 13.2 Å². The molecule has 1 atom stereocenters. The van der Waals surface area contributed by atoms with Gasteiger partial charge >= 0.3 is 11.9 Å². The Balaban J connectivity index is 1.99. The molecule has 0 radical (unpaired) electrons. The van der Waals surface area contributed by atoms with Gasteiger partial charge in [0.05, 0.1) is 37.1 Å². The van der Waals surface area contributed by atoms with Crippen LogP contribution in [0.1, 0.15) is 48.2 Å². The number of hydrogen-bond donors (Lipinski definition) is 1. The van der Waals surface area contributed by atoms with Crippen molar-refractivity contribution in [2.45, 2.75) is 52.0 Å². The zero-order chi connectivity index (χ0) is 28.7. The van der Waals surface area contributed by atoms with Crippen LogP contribution in [-0.2, 0) is 24.0 Å². The molecule has 0 aliphatic carbocycles. The summed E-state index contributed by atoms with van der Waals surface area (Å²) in [6.45, 7) is 7.39. The number of rotatable bonds is 12. The highest BCUT2D eigenvalue weighted by molar-refractivity contribution is 9.10. The lowest BCUT2D eigenvalue weighted by molar-refractivity contribution is -0.138. The second-order valence-corrected chi connectivity index (χ2v) is 9.73. The van der Waals surface area contributed by atoms with E-state index in [4.69, 9.17) is 4.74 Å². The molecule has 0 spiro atoms. The van der Waals surface area contributed by atoms with E-state index < -0.39 is 47.0 Å². The number of allylic oxidation sites excluding steroid dienone is 1. The standard InChI is InChI=1S/C28H30BrF4N3O3/c1-4-39-18(2)10-9-15-34-24(20-11-6-5-7-12-20)17-36-26(37)25(29)19(3)35(27(36)38)16-21-22(28(31,32)33)13-8-14-23(21)30/h5-8,11-14,24,34H,2,4,9-10,15-17H2,1,3H3/t24-/m0/s1. The maximum atomic E-state index is 14.6. The summed E-state index contributed by atoms with van der Waals surface area (Å²) < 4.78 is 62.8. The average molecular weight is 612 g/mol. The molecule has 1 aromatic heterocycles. The number of hydrogen-bond acceptors (Lipinski definition) is 4. The monoisotopic (exact) mass is 611 g/mol. The van der Waals surface area contributed by atoms with Gasteiger partial charge in [-0.1, -0.05) is 43.0 Å². The summed E-state index contributed by atoms with van der Waals surface area (Å²) in [5, 5.41) is 3.35. The largest absolute Gasteiger partial charge is 0.499 e. The molecule has 3 rings (SSSR count). The van der Waals surface area contributed by atoms with Gasteiger partial charge in [-0.3, -0.25) is 13.9 Å². The van der Waals surface area contributed by atoms with Gasteiger partial charge in [0.1, 0.15) is 10.3 Å². The Morgan fingerprint density at radius 1 is 1.10 bits per heavy atom. The van der Waals surface area contributed by atoms with Gasteiger partial charge in [0.2, 0.25) is 0 Å². The molecular weight excluding hydrogens is 582 g/mol. The number of ether oxygens (including phenoxy) is 1. The molecule has 0 aliphatic rings. The smallest absolute Gasteiger partial charge is 0.416 e. The van der Waals surface area contributed by atoms with Crippen LogP contribution in [0.25, 0.3) is 0 Å². The molecule has 0 amide bonds. The lowest BCUT2D eigenvalue weighted by Crippen LogP contribution is -2.44. The Morgan fingerprint density at radius 2 is 1.79 bits per heavy atom. The van der Waals surface area contributed by atoms with E-state index in [0.717, 1.165) is 32.9 Å². The molecule has 0 aliphatic heterocycles. The van der Waals surface area contributed by atoms with Crippen molar-refractivity contribution in [2.75, 3.05) is 13.2 Å². The average Bonchev–Trinajstić information content (AvgIpc) is 2.90. The third-order valence-electron chi connectivity index (χ3n) is 6.30. The number of nitrogens with zero attached hydrogens (tertiary/aromatic N) is 2. The zero-order valence-electron chi connectivity index (χ0n) is 21.7. The topological polar surface area (TPSA) is 65.3 Å². The predicted octanol–water partition coefficient (Wildman–Crippen LogP) is 5.95. The van der Waals surface area contributed by atoms with E-state index in [2.05, 4.69) is 27.8 Å². The summed E-state index contributed by atoms with van der Waals surface area (Å²) in [5.41, 5.74) is -2.43. The molecule has 0 unspecified atom stereocenters. The Bertz CT molecular complexity index is 1420. The van der Waals surface area contributed by atoms with Crippen molar-refractivity contribution in [2.24, 2.45) is 0 Å². The summed E-state index contributed by atoms with van der Waals surface area (Å²) in [5.74, 6) is -0.439. The lowest BCUT2D eigenvalue weighted by atomic mass is 10.1. The van der Waals surface area contributed by atoms with Crippen LogP contribution in [-0.4, -0.2) is 22.3 Å². The van der Waals surface area contributed by atoms with E-state index in [1.165, 1.54) is 6.92 Å². The Hall–Kier alpha value is -3.18. The van der Waals surface area contributed by atoms with Crippen LogP contribution in [0, 0.1) is 12.7 Å². The maximum Gasteiger partial charge on any atom is 0.416 e. The normalized spacial score (nSPS) is 12.4. The summed E-state index contributed by atoms with van der Waals surface area (Å²) >= 11 is 3.19. The minimum absolute atomic E-state index is 0.00632. The molecule has 0 bridgehead atoms. The second-order valence-electron chi connectivity index (χ2n) is 8.94. The quantitative estimate of drug-likeness (QED) is 0.156. The molecule has 0 fully saturated rings. The number of benzene rings is 2. The van der Waals surface area contributed by atoms with E-state index in [-0.39, 0.29) is 16.7 Å². The van der Waals surface area contributed by atoms with Crippen molar-refractivity contribution >= 4 is 15.9 Å². The van der Waals surface area contributed by atoms with Crippen LogP contribution in [0.3, 0.4) is 0 Å². The first-order chi connectivity index (χ1) is 18.5. The van der Waals surface area contributed by atoms with Crippen molar-refractivity contribution in [3.63, 3.8) is 0 Å². The molecule has 0 saturated carbocycles. The number of alkyl halides is 3. The highest BCUT2D eigenvalue weighted by Gasteiger charge is 2.35. The molecule has 6 nitrogen and oxygen atoms in total. The van der Waals surface area contributed by atoms with Crippen LogP contribution in [0.4, 0.5) is 17.6 Å². The molecule has 3 aromatic rings. The van der Waals surface area contributed by atoms with Crippen molar-refractivity contribution < 1.29 is 22.3 Å². The second kappa shape index (κ2) is 13.3. The molecule has 11 heteroatoms. The van der Waals surface area contributed by atoms with Crippen molar-refractivity contribution in [3.8, 4) is 0 Å². The third-order valence-corrected chi connectivity index (χ3v) is 7.21. The van der Waals surface area contributed by atoms with Crippen LogP contribution >= 0.6 is 15.9 Å². The molecule has 39 heavy (non-hydrogen) atoms. The van der Waals surface area contributed by atoms with E-state index in [1.54, 1.807) is 0 Å². The van der Waals surface area contributed by atoms with Gasteiger partial charge in [-0.15, -0.1) is 0 Å². The van der Waals surface area contributed by atoms with E-state index in [9.17, 15) is 27.2 Å². The van der Waals surface area contributed by atoms with E-state index in [1.807, 2.05) is 37.3 Å². The van der Waals surface area contributed by atoms with Gasteiger partial charge in [0, 0.05) is 17.7 Å². The van der Waals surface area contributed by atoms with Gasteiger partial charge in [0.15, 0.2) is 0 Å². The van der Waals surface area contributed by atoms with Crippen LogP contribution in [0.15, 0.2) is 74.9 Å². The van der Waals surface area contributed by atoms with Crippen LogP contribution in [0.5, 0.6) is 0 Å². The minimum atomic E-state index is -4.82. The zero-order valence-corrected chi connectivity index (χ0v) is 23.2. The van der Waals surface area contributed by atoms with E-state index in [0.29, 0.717) is 31.8 Å². The van der Waals surface area contributed by atoms with Gasteiger partial charge < -0.3 is 10.1 Å². The minimum Gasteiger partial charge on any atom is -0.499 e. The SMILES string of the molecule is C=C(CCCN[C@@H](Cn1c(=O)c(Br)c(C)n(Cc2c(F)cccc2C(F)(F)F)c1=O)c1ccccc1)OCC. The first-order valence-electron chi connectivity index (χ1n) is 12.4. The Labute approximate surface area is 232 Å². The van der Waals surface area contributed by atoms with Crippen molar-refractivity contribution in [1.29, 1.82) is 0 Å². The molecule has 0 saturated heterocycles. The van der Waals surface area contributed by atoms with Gasteiger partial charge in [-0.25, -0.2) is 9.18 Å². The lowest BCUT2D eigenvalue weighted by Gasteiger charge is -2.22. The molecular formula is C28H30BrF4N3O3. The van der Waals surface area contributed by atoms with Gasteiger partial charge in [-0.05, 0) is 60.4 Å². The summed E-state index contributed by atoms with van der Waals surface area (Å²) in [4.78, 5) is 26.7. The van der Waals surface area contributed by atoms with Crippen molar-refractivity contribution in [1.82, 2.24) is 14.5 Å². The number of aromatic nitrogens is 2. The van der Waals surface area contributed by atoms with Crippen molar-refractivity contribution in [3.05, 3.63) is 114 Å². The highest BCUT2D eigenvalue weighted by Crippen LogP contribution is 2.33. The predicted molar refractivity (Wildman–Crippen MR) is 145 cm³/mol. The summed E-state index contributed by atoms with van der Waals surface area (Å²) in [7, 11) is 0. The van der Waals surface area contributed by atoms with Crippen LogP contribution in [0.2, 0.25) is 0 Å². The molecule has 210 valence electrons. The van der Waals surface area contributed by atoms with E-state index >= 15 is 0 Å². The number of halogens is 5. The summed E-state index contributed by atoms with van der Waals surface area (Å²) in [6, 6.07) is 11.3. The van der Waals surface area contributed by atoms with Gasteiger partial charge in [0.25, 0.3) is 5.56 Å². The number of nitrogens with one attached hydrogen (secondary N) is 1. The highest BCUT2D eigenvalue weighted by atomic mass is 79.9. The molecule has 1 N–H and O–H groups in total. The molecule has 2 aromatic carbocycles. The molecule has 1 heterocycles. The van der Waals surface area contributed by atoms with Crippen LogP contribution < -0.4 is 16.6 Å².